The maximum Gasteiger partial charge on any atom is 0.437 e. The van der Waals surface area contributed by atoms with Gasteiger partial charge < -0.3 is 20.1 Å². The monoisotopic (exact) mass is 558 g/mol. The molecule has 194 valence electrons. The summed E-state index contributed by atoms with van der Waals surface area (Å²) in [5.41, 5.74) is 7.40. The van der Waals surface area contributed by atoms with Gasteiger partial charge in [0.15, 0.2) is 5.82 Å². The van der Waals surface area contributed by atoms with Gasteiger partial charge in [0.05, 0.1) is 12.8 Å². The lowest BCUT2D eigenvalue weighted by atomic mass is 10.1. The van der Waals surface area contributed by atoms with Crippen molar-refractivity contribution >= 4 is 45.2 Å². The smallest absolute Gasteiger partial charge is 0.437 e. The number of nitrogens with two attached hydrogens (primary N) is 1. The largest absolute Gasteiger partial charge is 0.494 e. The highest BCUT2D eigenvalue weighted by molar-refractivity contribution is 7.99. The average molecular weight is 559 g/mol. The van der Waals surface area contributed by atoms with Crippen molar-refractivity contribution in [1.82, 2.24) is 9.97 Å². The Morgan fingerprint density at radius 1 is 1.25 bits per heavy atom. The molecule has 36 heavy (non-hydrogen) atoms. The SMILES string of the molecule is C[SH](O)(Cc1cc(N)cc(OCCCCSc2cc(F)ccc2-c2nc(Cl)ncc2F)c1)=NC(=O)O. The number of hydrogen-bond acceptors (Lipinski definition) is 6. The normalized spacial score (nSPS) is 11.8. The van der Waals surface area contributed by atoms with Crippen LogP contribution in [0.2, 0.25) is 5.28 Å². The van der Waals surface area contributed by atoms with E-state index in [0.29, 0.717) is 46.2 Å². The summed E-state index contributed by atoms with van der Waals surface area (Å²) in [6, 6.07) is 8.99. The van der Waals surface area contributed by atoms with Crippen LogP contribution in [0.5, 0.6) is 5.75 Å². The fourth-order valence-corrected chi connectivity index (χ4v) is 5.88. The second kappa shape index (κ2) is 12.4. The van der Waals surface area contributed by atoms with Crippen molar-refractivity contribution in [2.24, 2.45) is 4.36 Å². The van der Waals surface area contributed by atoms with Crippen LogP contribution >= 0.6 is 23.4 Å². The van der Waals surface area contributed by atoms with Crippen LogP contribution in [0.3, 0.4) is 0 Å². The highest BCUT2D eigenvalue weighted by Crippen LogP contribution is 2.33. The number of amides is 1. The molecule has 13 heteroatoms. The average Bonchev–Trinajstić information content (AvgIpc) is 2.76. The maximum absolute atomic E-state index is 14.2. The van der Waals surface area contributed by atoms with Crippen LogP contribution in [0.15, 0.2) is 51.9 Å². The van der Waals surface area contributed by atoms with Gasteiger partial charge in [-0.2, -0.15) is 4.36 Å². The van der Waals surface area contributed by atoms with E-state index in [9.17, 15) is 18.1 Å². The first-order valence-electron chi connectivity index (χ1n) is 10.7. The number of rotatable bonds is 10. The minimum atomic E-state index is -3.02. The number of carbonyl (C=O) groups is 1. The summed E-state index contributed by atoms with van der Waals surface area (Å²) in [7, 11) is -3.02. The molecule has 4 N–H and O–H groups in total. The molecule has 3 aromatic rings. The summed E-state index contributed by atoms with van der Waals surface area (Å²) < 4.78 is 47.5. The molecule has 0 radical (unpaired) electrons. The van der Waals surface area contributed by atoms with Crippen LogP contribution in [-0.2, 0) is 15.9 Å². The molecule has 1 heterocycles. The van der Waals surface area contributed by atoms with Gasteiger partial charge in [0.1, 0.15) is 17.3 Å². The molecule has 1 aromatic heterocycles. The molecule has 0 saturated heterocycles. The van der Waals surface area contributed by atoms with Gasteiger partial charge in [0.25, 0.3) is 0 Å². The summed E-state index contributed by atoms with van der Waals surface area (Å²) in [5.74, 6) is 0.0810. The Bertz CT molecular complexity index is 1310. The highest BCUT2D eigenvalue weighted by atomic mass is 35.5. The van der Waals surface area contributed by atoms with E-state index in [4.69, 9.17) is 27.2 Å². The van der Waals surface area contributed by atoms with Crippen molar-refractivity contribution in [1.29, 1.82) is 0 Å². The summed E-state index contributed by atoms with van der Waals surface area (Å²) in [6.07, 6.45) is 2.36. The number of ether oxygens (including phenoxy) is 1. The third-order valence-corrected chi connectivity index (χ3v) is 7.64. The van der Waals surface area contributed by atoms with E-state index >= 15 is 0 Å². The topological polar surface area (TPSA) is 131 Å². The van der Waals surface area contributed by atoms with E-state index in [-0.39, 0.29) is 16.7 Å². The Morgan fingerprint density at radius 3 is 2.78 bits per heavy atom. The molecule has 8 nitrogen and oxygen atoms in total. The number of unbranched alkanes of at least 4 members (excludes halogenated alkanes) is 1. The fraction of sp³-hybridized carbons (Fsp3) is 0.261. The fourth-order valence-electron chi connectivity index (χ4n) is 3.35. The third kappa shape index (κ3) is 8.40. The van der Waals surface area contributed by atoms with Crippen molar-refractivity contribution < 1.29 is 28.0 Å². The van der Waals surface area contributed by atoms with Gasteiger partial charge in [-0.3, -0.25) is 0 Å². The Balaban J connectivity index is 1.55. The second-order valence-corrected chi connectivity index (χ2v) is 12.1. The lowest BCUT2D eigenvalue weighted by molar-refractivity contribution is 0.206. The van der Waals surface area contributed by atoms with Crippen molar-refractivity contribution in [3.8, 4) is 17.0 Å². The van der Waals surface area contributed by atoms with Crippen molar-refractivity contribution in [3.63, 3.8) is 0 Å². The van der Waals surface area contributed by atoms with E-state index in [1.807, 2.05) is 0 Å². The number of aromatic nitrogens is 2. The minimum absolute atomic E-state index is 0.0101. The zero-order chi connectivity index (χ0) is 26.3. The highest BCUT2D eigenvalue weighted by Gasteiger charge is 2.14. The predicted octanol–water partition coefficient (Wildman–Crippen LogP) is 5.96. The Labute approximate surface area is 217 Å². The Hall–Kier alpha value is -2.80. The molecule has 0 atom stereocenters. The van der Waals surface area contributed by atoms with Crippen LogP contribution in [-0.4, -0.2) is 44.3 Å². The molecule has 0 aliphatic rings. The van der Waals surface area contributed by atoms with Gasteiger partial charge in [-0.05, 0) is 72.3 Å². The molecule has 0 fully saturated rings. The number of hydrogen-bond donors (Lipinski definition) is 4. The van der Waals surface area contributed by atoms with E-state index in [1.54, 1.807) is 18.2 Å². The van der Waals surface area contributed by atoms with Gasteiger partial charge in [0, 0.05) is 28.0 Å². The summed E-state index contributed by atoms with van der Waals surface area (Å²) in [6.45, 7) is 0.376. The molecular weight excluding hydrogens is 534 g/mol. The lowest BCUT2D eigenvalue weighted by Gasteiger charge is -2.18. The van der Waals surface area contributed by atoms with Gasteiger partial charge in [-0.25, -0.2) is 23.5 Å². The van der Waals surface area contributed by atoms with Gasteiger partial charge >= 0.3 is 6.09 Å². The van der Waals surface area contributed by atoms with Crippen LogP contribution in [0.4, 0.5) is 19.3 Å². The number of thiol groups is 1. The van der Waals surface area contributed by atoms with Gasteiger partial charge in [-0.15, -0.1) is 11.8 Å². The van der Waals surface area contributed by atoms with Crippen LogP contribution in [0.1, 0.15) is 18.4 Å². The van der Waals surface area contributed by atoms with Crippen molar-refractivity contribution in [2.75, 3.05) is 24.3 Å². The van der Waals surface area contributed by atoms with Crippen LogP contribution < -0.4 is 10.5 Å². The minimum Gasteiger partial charge on any atom is -0.494 e. The maximum atomic E-state index is 14.2. The molecule has 2 aromatic carbocycles. The first-order chi connectivity index (χ1) is 17.0. The number of benzene rings is 2. The Morgan fingerprint density at radius 2 is 2.03 bits per heavy atom. The van der Waals surface area contributed by atoms with E-state index in [0.717, 1.165) is 12.6 Å². The molecular formula is C23H25ClF2N4O4S2. The molecule has 3 rings (SSSR count). The van der Waals surface area contributed by atoms with Crippen LogP contribution in [0.25, 0.3) is 11.3 Å². The molecule has 0 unspecified atom stereocenters. The van der Waals surface area contributed by atoms with E-state index in [2.05, 4.69) is 14.3 Å². The number of halogens is 3. The summed E-state index contributed by atoms with van der Waals surface area (Å²) in [5, 5.41) is 8.71. The Kier molecular flexibility index (Phi) is 9.60. The zero-order valence-corrected chi connectivity index (χ0v) is 21.7. The molecule has 0 spiro atoms. The molecule has 0 aliphatic heterocycles. The number of nitrogen functional groups attached to an aromatic ring is 1. The van der Waals surface area contributed by atoms with E-state index in [1.165, 1.54) is 36.2 Å². The van der Waals surface area contributed by atoms with Crippen molar-refractivity contribution in [3.05, 3.63) is 65.1 Å². The lowest BCUT2D eigenvalue weighted by Crippen LogP contribution is -2.13. The summed E-state index contributed by atoms with van der Waals surface area (Å²) >= 11 is 7.17. The number of thioether (sulfide) groups is 1. The zero-order valence-electron chi connectivity index (χ0n) is 19.2. The van der Waals surface area contributed by atoms with Crippen molar-refractivity contribution in [2.45, 2.75) is 23.5 Å². The molecule has 0 bridgehead atoms. The molecule has 0 saturated carbocycles. The van der Waals surface area contributed by atoms with Gasteiger partial charge in [-0.1, -0.05) is 10.1 Å². The number of anilines is 1. The first-order valence-corrected chi connectivity index (χ1v) is 14.4. The quantitative estimate of drug-likeness (QED) is 0.0788. The molecule has 1 amide bonds. The first kappa shape index (κ1) is 27.8. The standard InChI is InChI=1S/C23H25ClF2N4O4S2/c1-36(33,30-23(31)32)13-14-8-16(27)11-17(9-14)34-6-2-3-7-35-20-10-15(25)4-5-18(20)21-19(26)12-28-22(24)29-21/h4-5,8-12,36H,2-3,6-7,13,27H2,1H3,(H,30,33)(H,31,32). The van der Waals surface area contributed by atoms with E-state index < -0.39 is 27.8 Å². The van der Waals surface area contributed by atoms with Crippen LogP contribution in [0, 0.1) is 11.6 Å². The number of carboxylic acid groups (broad SMARTS) is 1. The predicted molar refractivity (Wildman–Crippen MR) is 140 cm³/mol. The number of nitrogens with zero attached hydrogens (tertiary/aromatic N) is 3. The molecule has 0 aliphatic carbocycles. The second-order valence-electron chi connectivity index (χ2n) is 7.92. The summed E-state index contributed by atoms with van der Waals surface area (Å²) in [4.78, 5) is 18.9. The third-order valence-electron chi connectivity index (χ3n) is 4.75. The van der Waals surface area contributed by atoms with Gasteiger partial charge in [0.2, 0.25) is 5.28 Å².